The van der Waals surface area contributed by atoms with Crippen LogP contribution in [-0.4, -0.2) is 25.2 Å². The summed E-state index contributed by atoms with van der Waals surface area (Å²) < 4.78 is 10.4. The second-order valence-electron chi connectivity index (χ2n) is 6.45. The van der Waals surface area contributed by atoms with E-state index in [1.54, 1.807) is 0 Å². The minimum atomic E-state index is -0.143. The Hall–Kier alpha value is -1.06. The highest BCUT2D eigenvalue weighted by Gasteiger charge is 2.10. The Morgan fingerprint density at radius 1 is 0.696 bits per heavy atom. The van der Waals surface area contributed by atoms with Gasteiger partial charge in [0, 0.05) is 18.8 Å². The third-order valence-corrected chi connectivity index (χ3v) is 3.78. The summed E-state index contributed by atoms with van der Waals surface area (Å²) >= 11 is 0. The molecule has 136 valence electrons. The lowest BCUT2D eigenvalue weighted by Gasteiger charge is -2.12. The van der Waals surface area contributed by atoms with Gasteiger partial charge in [0.1, 0.15) is 0 Å². The first-order chi connectivity index (χ1) is 11.1. The van der Waals surface area contributed by atoms with Gasteiger partial charge in [-0.05, 0) is 12.8 Å². The van der Waals surface area contributed by atoms with Gasteiger partial charge in [0.2, 0.25) is 0 Å². The van der Waals surface area contributed by atoms with Crippen LogP contribution in [-0.2, 0) is 19.1 Å². The molecule has 23 heavy (non-hydrogen) atoms. The number of unbranched alkanes of at least 4 members (excludes halogenated alkanes) is 7. The molecule has 0 saturated carbocycles. The predicted octanol–water partition coefficient (Wildman–Crippen LogP) is 5.04. The number of carbonyl (C=O) groups excluding carboxylic acids is 2. The molecule has 1 atom stereocenters. The molecule has 0 radical (unpaired) electrons. The van der Waals surface area contributed by atoms with E-state index in [1.165, 1.54) is 19.3 Å². The van der Waals surface area contributed by atoms with Crippen molar-refractivity contribution in [2.45, 2.75) is 91.4 Å². The third kappa shape index (κ3) is 15.6. The van der Waals surface area contributed by atoms with Crippen LogP contribution in [0.2, 0.25) is 0 Å². The first-order valence-electron chi connectivity index (χ1n) is 9.41. The summed E-state index contributed by atoms with van der Waals surface area (Å²) in [6.07, 6.45) is 10.9. The average molecular weight is 328 g/mol. The zero-order chi connectivity index (χ0) is 17.3. The highest BCUT2D eigenvalue weighted by atomic mass is 16.5. The van der Waals surface area contributed by atoms with Gasteiger partial charge < -0.3 is 9.47 Å². The fourth-order valence-electron chi connectivity index (χ4n) is 2.23. The molecule has 0 amide bonds. The molecular formula is C19H36O4. The lowest BCUT2D eigenvalue weighted by molar-refractivity contribution is -0.148. The highest BCUT2D eigenvalue weighted by Crippen LogP contribution is 2.08. The largest absolute Gasteiger partial charge is 0.465 e. The molecule has 0 rings (SSSR count). The van der Waals surface area contributed by atoms with Crippen LogP contribution in [0.25, 0.3) is 0 Å². The Labute approximate surface area is 142 Å². The van der Waals surface area contributed by atoms with E-state index < -0.39 is 0 Å². The Bertz CT molecular complexity index is 302. The molecule has 0 aliphatic heterocycles. The number of esters is 2. The average Bonchev–Trinajstić information content (AvgIpc) is 2.54. The maximum absolute atomic E-state index is 11.6. The number of ether oxygens (including phenoxy) is 2. The van der Waals surface area contributed by atoms with Crippen molar-refractivity contribution in [2.75, 3.05) is 13.2 Å². The van der Waals surface area contributed by atoms with Crippen LogP contribution in [0, 0.1) is 5.92 Å². The summed E-state index contributed by atoms with van der Waals surface area (Å²) in [5.74, 6) is -0.229. The van der Waals surface area contributed by atoms with E-state index >= 15 is 0 Å². The quantitative estimate of drug-likeness (QED) is 0.312. The number of hydrogen-bond acceptors (Lipinski definition) is 4. The molecule has 4 heteroatoms. The van der Waals surface area contributed by atoms with Gasteiger partial charge >= 0.3 is 11.9 Å². The molecule has 0 saturated heterocycles. The lowest BCUT2D eigenvalue weighted by Crippen LogP contribution is -2.18. The van der Waals surface area contributed by atoms with Gasteiger partial charge in [-0.1, -0.05) is 65.7 Å². The van der Waals surface area contributed by atoms with E-state index in [2.05, 4.69) is 13.8 Å². The van der Waals surface area contributed by atoms with Crippen LogP contribution >= 0.6 is 0 Å². The van der Waals surface area contributed by atoms with Gasteiger partial charge in [0.05, 0.1) is 13.2 Å². The fraction of sp³-hybridized carbons (Fsp3) is 0.895. The van der Waals surface area contributed by atoms with E-state index in [-0.39, 0.29) is 17.9 Å². The van der Waals surface area contributed by atoms with Crippen molar-refractivity contribution in [1.82, 2.24) is 0 Å². The molecular weight excluding hydrogens is 292 g/mol. The maximum atomic E-state index is 11.6. The molecule has 0 N–H and O–H groups in total. The second-order valence-corrected chi connectivity index (χ2v) is 6.45. The van der Waals surface area contributed by atoms with Crippen molar-refractivity contribution in [2.24, 2.45) is 5.92 Å². The van der Waals surface area contributed by atoms with Crippen LogP contribution in [0.15, 0.2) is 0 Å². The minimum absolute atomic E-state index is 0.0543. The monoisotopic (exact) mass is 328 g/mol. The van der Waals surface area contributed by atoms with E-state index in [9.17, 15) is 9.59 Å². The van der Waals surface area contributed by atoms with Gasteiger partial charge in [-0.15, -0.1) is 0 Å². The summed E-state index contributed by atoms with van der Waals surface area (Å²) in [4.78, 5) is 23.1. The van der Waals surface area contributed by atoms with Crippen LogP contribution in [0.5, 0.6) is 0 Å². The van der Waals surface area contributed by atoms with Crippen molar-refractivity contribution in [3.05, 3.63) is 0 Å². The Morgan fingerprint density at radius 3 is 1.52 bits per heavy atom. The Kier molecular flexibility index (Phi) is 15.1. The molecule has 0 spiro atoms. The molecule has 0 bridgehead atoms. The molecule has 0 aromatic rings. The summed E-state index contributed by atoms with van der Waals surface area (Å²) in [7, 11) is 0. The zero-order valence-corrected chi connectivity index (χ0v) is 15.4. The summed E-state index contributed by atoms with van der Waals surface area (Å²) in [5.41, 5.74) is 0. The van der Waals surface area contributed by atoms with Gasteiger partial charge in [0.15, 0.2) is 0 Å². The number of hydrogen-bond donors (Lipinski definition) is 0. The maximum Gasteiger partial charge on any atom is 0.305 e. The SMILES string of the molecule is CCCCCCCC(=O)OCC(C)COC(=O)CCCCCC. The van der Waals surface area contributed by atoms with Crippen LogP contribution in [0.4, 0.5) is 0 Å². The molecule has 1 unspecified atom stereocenters. The summed E-state index contributed by atoms with van der Waals surface area (Å²) in [6.45, 7) is 6.91. The second kappa shape index (κ2) is 15.8. The van der Waals surface area contributed by atoms with Crippen molar-refractivity contribution in [3.8, 4) is 0 Å². The molecule has 0 heterocycles. The number of rotatable bonds is 15. The first-order valence-corrected chi connectivity index (χ1v) is 9.41. The van der Waals surface area contributed by atoms with E-state index in [1.807, 2.05) is 6.92 Å². The molecule has 0 aliphatic rings. The van der Waals surface area contributed by atoms with E-state index in [4.69, 9.17) is 9.47 Å². The fourth-order valence-corrected chi connectivity index (χ4v) is 2.23. The van der Waals surface area contributed by atoms with Gasteiger partial charge in [0.25, 0.3) is 0 Å². The summed E-state index contributed by atoms with van der Waals surface area (Å²) in [6, 6.07) is 0. The van der Waals surface area contributed by atoms with Crippen LogP contribution in [0.1, 0.15) is 91.4 Å². The molecule has 0 aliphatic carbocycles. The highest BCUT2D eigenvalue weighted by molar-refractivity contribution is 5.69. The summed E-state index contributed by atoms with van der Waals surface area (Å²) in [5, 5.41) is 0. The van der Waals surface area contributed by atoms with E-state index in [0.29, 0.717) is 26.1 Å². The van der Waals surface area contributed by atoms with Crippen molar-refractivity contribution in [3.63, 3.8) is 0 Å². The first kappa shape index (κ1) is 21.9. The molecule has 0 fully saturated rings. The van der Waals surface area contributed by atoms with Crippen molar-refractivity contribution >= 4 is 11.9 Å². The van der Waals surface area contributed by atoms with Crippen LogP contribution in [0.3, 0.4) is 0 Å². The van der Waals surface area contributed by atoms with Gasteiger partial charge in [-0.2, -0.15) is 0 Å². The van der Waals surface area contributed by atoms with Gasteiger partial charge in [-0.25, -0.2) is 0 Å². The standard InChI is InChI=1S/C19H36O4/c1-4-6-8-10-12-14-19(21)23-16-17(3)15-22-18(20)13-11-9-7-5-2/h17H,4-16H2,1-3H3. The van der Waals surface area contributed by atoms with E-state index in [0.717, 1.165) is 38.5 Å². The minimum Gasteiger partial charge on any atom is -0.465 e. The van der Waals surface area contributed by atoms with Crippen molar-refractivity contribution < 1.29 is 19.1 Å². The molecule has 0 aromatic carbocycles. The smallest absolute Gasteiger partial charge is 0.305 e. The Morgan fingerprint density at radius 2 is 1.09 bits per heavy atom. The Balaban J connectivity index is 3.52. The topological polar surface area (TPSA) is 52.6 Å². The molecule has 0 aromatic heterocycles. The third-order valence-electron chi connectivity index (χ3n) is 3.78. The number of carbonyl (C=O) groups is 2. The molecule has 4 nitrogen and oxygen atoms in total. The lowest BCUT2D eigenvalue weighted by atomic mass is 10.1. The van der Waals surface area contributed by atoms with Crippen molar-refractivity contribution in [1.29, 1.82) is 0 Å². The predicted molar refractivity (Wildman–Crippen MR) is 93.2 cm³/mol. The normalized spacial score (nSPS) is 12.0. The zero-order valence-electron chi connectivity index (χ0n) is 15.4. The van der Waals surface area contributed by atoms with Gasteiger partial charge in [-0.3, -0.25) is 9.59 Å². The van der Waals surface area contributed by atoms with Crippen LogP contribution < -0.4 is 0 Å².